The quantitative estimate of drug-likeness (QED) is 0.688. The summed E-state index contributed by atoms with van der Waals surface area (Å²) >= 11 is 0. The van der Waals surface area contributed by atoms with Crippen LogP contribution in [0.1, 0.15) is 13.8 Å². The molecule has 3 aliphatic heterocycles. The normalized spacial score (nSPS) is 37.8. The molecule has 0 aromatic carbocycles. The molecule has 22 heavy (non-hydrogen) atoms. The number of carboxylic acid groups (broad SMARTS) is 1. The second-order valence-corrected chi connectivity index (χ2v) is 5.46. The Labute approximate surface area is 125 Å². The van der Waals surface area contributed by atoms with E-state index in [2.05, 4.69) is 9.73 Å². The lowest BCUT2D eigenvalue weighted by molar-refractivity contribution is -0.164. The first-order chi connectivity index (χ1) is 10.3. The lowest BCUT2D eigenvalue weighted by atomic mass is 9.82. The number of hydrogen-bond donors (Lipinski definition) is 2. The first-order valence-corrected chi connectivity index (χ1v) is 6.68. The molecule has 120 valence electrons. The van der Waals surface area contributed by atoms with Gasteiger partial charge in [0.15, 0.2) is 17.6 Å². The van der Waals surface area contributed by atoms with Gasteiger partial charge < -0.3 is 29.2 Å². The Balaban J connectivity index is 1.93. The molecule has 0 unspecified atom stereocenters. The molecular formula is C13H15NO8. The minimum atomic E-state index is -1.44. The van der Waals surface area contributed by atoms with Crippen LogP contribution < -0.4 is 0 Å². The van der Waals surface area contributed by atoms with E-state index in [1.54, 1.807) is 6.92 Å². The first-order valence-electron chi connectivity index (χ1n) is 6.68. The van der Waals surface area contributed by atoms with Crippen molar-refractivity contribution in [2.45, 2.75) is 43.8 Å². The Morgan fingerprint density at radius 3 is 2.82 bits per heavy atom. The zero-order valence-electron chi connectivity index (χ0n) is 11.9. The Kier molecular flexibility index (Phi) is 3.24. The molecule has 3 heterocycles. The fraction of sp³-hybridized carbons (Fsp3) is 0.615. The molecule has 0 aromatic rings. The van der Waals surface area contributed by atoms with Crippen molar-refractivity contribution in [3.8, 4) is 0 Å². The summed E-state index contributed by atoms with van der Waals surface area (Å²) in [5.41, 5.74) is -1.44. The molecule has 3 aliphatic rings. The average molecular weight is 313 g/mol. The highest BCUT2D eigenvalue weighted by Gasteiger charge is 2.57. The highest BCUT2D eigenvalue weighted by Crippen LogP contribution is 2.39. The van der Waals surface area contributed by atoms with Crippen LogP contribution in [0.15, 0.2) is 16.8 Å². The van der Waals surface area contributed by atoms with Crippen LogP contribution in [-0.4, -0.2) is 64.8 Å². The van der Waals surface area contributed by atoms with Gasteiger partial charge >= 0.3 is 12.1 Å². The van der Waals surface area contributed by atoms with Crippen LogP contribution in [0.25, 0.3) is 0 Å². The van der Waals surface area contributed by atoms with Gasteiger partial charge in [0.1, 0.15) is 24.9 Å². The second kappa shape index (κ2) is 4.87. The van der Waals surface area contributed by atoms with E-state index in [1.807, 2.05) is 0 Å². The number of aliphatic carboxylic acids is 1. The number of fused-ring (bicyclic) bond motifs is 1. The van der Waals surface area contributed by atoms with E-state index in [4.69, 9.17) is 19.3 Å². The highest BCUT2D eigenvalue weighted by molar-refractivity contribution is 5.85. The summed E-state index contributed by atoms with van der Waals surface area (Å²) in [5.74, 6) is -1.28. The van der Waals surface area contributed by atoms with Crippen molar-refractivity contribution in [3.05, 3.63) is 11.8 Å². The third-order valence-corrected chi connectivity index (χ3v) is 3.93. The van der Waals surface area contributed by atoms with E-state index in [-0.39, 0.29) is 12.4 Å². The number of cyclic esters (lactones) is 2. The molecule has 0 amide bonds. The van der Waals surface area contributed by atoms with E-state index in [9.17, 15) is 14.7 Å². The van der Waals surface area contributed by atoms with Crippen molar-refractivity contribution in [2.24, 2.45) is 4.99 Å². The summed E-state index contributed by atoms with van der Waals surface area (Å²) in [6, 6.07) is -0.662. The van der Waals surface area contributed by atoms with Gasteiger partial charge in [0, 0.05) is 13.0 Å². The number of carbonyl (C=O) groups is 2. The van der Waals surface area contributed by atoms with E-state index in [1.165, 1.54) is 13.0 Å². The van der Waals surface area contributed by atoms with Gasteiger partial charge in [0.2, 0.25) is 5.76 Å². The fourth-order valence-corrected chi connectivity index (χ4v) is 2.84. The maximum absolute atomic E-state index is 11.2. The summed E-state index contributed by atoms with van der Waals surface area (Å²) in [4.78, 5) is 26.5. The number of carbonyl (C=O) groups excluding carboxylic acids is 1. The van der Waals surface area contributed by atoms with Crippen LogP contribution in [0.4, 0.5) is 4.79 Å². The van der Waals surface area contributed by atoms with E-state index in [0.717, 1.165) is 0 Å². The topological polar surface area (TPSA) is 124 Å². The van der Waals surface area contributed by atoms with Crippen molar-refractivity contribution in [1.29, 1.82) is 0 Å². The van der Waals surface area contributed by atoms with Gasteiger partial charge in [-0.25, -0.2) is 14.6 Å². The van der Waals surface area contributed by atoms with E-state index in [0.29, 0.717) is 5.90 Å². The Bertz CT molecular complexity index is 585. The SMILES string of the molecule is CC1=N[C@H]2[C@@H](C=C(C(=O)O)O[C@@]2(C)[C@@H](O)[C@H]2COC(=O)O2)O1. The molecule has 9 heteroatoms. The molecule has 0 radical (unpaired) electrons. The number of aliphatic hydroxyl groups excluding tert-OH is 1. The van der Waals surface area contributed by atoms with Gasteiger partial charge in [-0.3, -0.25) is 0 Å². The highest BCUT2D eigenvalue weighted by atomic mass is 16.8. The van der Waals surface area contributed by atoms with Gasteiger partial charge in [-0.05, 0) is 6.92 Å². The molecule has 0 aliphatic carbocycles. The van der Waals surface area contributed by atoms with Crippen LogP contribution in [0, 0.1) is 0 Å². The second-order valence-electron chi connectivity index (χ2n) is 5.46. The Hall–Kier alpha value is -2.29. The van der Waals surface area contributed by atoms with Gasteiger partial charge in [0.05, 0.1) is 0 Å². The van der Waals surface area contributed by atoms with Gasteiger partial charge in [0.25, 0.3) is 0 Å². The van der Waals surface area contributed by atoms with Gasteiger partial charge in [-0.1, -0.05) is 0 Å². The number of aliphatic imine (C=N–C) groups is 1. The maximum atomic E-state index is 11.2. The zero-order valence-corrected chi connectivity index (χ0v) is 11.9. The summed E-state index contributed by atoms with van der Waals surface area (Å²) in [6.07, 6.45) is -2.57. The number of ether oxygens (including phenoxy) is 4. The molecule has 2 N–H and O–H groups in total. The van der Waals surface area contributed by atoms with Gasteiger partial charge in [-0.15, -0.1) is 0 Å². The number of rotatable bonds is 3. The van der Waals surface area contributed by atoms with E-state index < -0.39 is 42.1 Å². The lowest BCUT2D eigenvalue weighted by Crippen LogP contribution is -2.60. The predicted octanol–water partition coefficient (Wildman–Crippen LogP) is -0.174. The maximum Gasteiger partial charge on any atom is 0.508 e. The Morgan fingerprint density at radius 2 is 2.23 bits per heavy atom. The molecule has 1 saturated heterocycles. The minimum Gasteiger partial charge on any atom is -0.475 e. The van der Waals surface area contributed by atoms with Crippen molar-refractivity contribution < 1.29 is 38.7 Å². The van der Waals surface area contributed by atoms with Crippen molar-refractivity contribution in [1.82, 2.24) is 0 Å². The standard InChI is InChI=1S/C13H15NO8/c1-5-14-9-6(20-5)3-7(11(16)17)22-13(9,2)10(15)8-4-19-12(18)21-8/h3,6,8-10,15H,4H2,1-2H3,(H,16,17)/t6-,8-,9+,10+,13-/m1/s1. The largest absolute Gasteiger partial charge is 0.508 e. The van der Waals surface area contributed by atoms with Gasteiger partial charge in [-0.2, -0.15) is 0 Å². The molecular weight excluding hydrogens is 298 g/mol. The number of aliphatic hydroxyl groups is 1. The molecule has 1 fully saturated rings. The molecule has 0 bridgehead atoms. The third kappa shape index (κ3) is 2.17. The number of carboxylic acids is 1. The number of nitrogens with zero attached hydrogens (tertiary/aromatic N) is 1. The van der Waals surface area contributed by atoms with Crippen LogP contribution >= 0.6 is 0 Å². The minimum absolute atomic E-state index is 0.147. The summed E-state index contributed by atoms with van der Waals surface area (Å²) in [7, 11) is 0. The lowest BCUT2D eigenvalue weighted by Gasteiger charge is -2.42. The molecule has 5 atom stereocenters. The summed E-state index contributed by atoms with van der Waals surface area (Å²) in [5, 5.41) is 19.7. The molecule has 0 aromatic heterocycles. The number of hydrogen-bond acceptors (Lipinski definition) is 8. The molecule has 0 spiro atoms. The van der Waals surface area contributed by atoms with Crippen molar-refractivity contribution in [2.75, 3.05) is 6.61 Å². The molecule has 0 saturated carbocycles. The van der Waals surface area contributed by atoms with Crippen molar-refractivity contribution >= 4 is 18.0 Å². The summed E-state index contributed by atoms with van der Waals surface area (Å²) in [6.45, 7) is 2.98. The molecule has 3 rings (SSSR count). The van der Waals surface area contributed by atoms with Crippen LogP contribution in [0.5, 0.6) is 0 Å². The van der Waals surface area contributed by atoms with Crippen molar-refractivity contribution in [3.63, 3.8) is 0 Å². The predicted molar refractivity (Wildman–Crippen MR) is 69.2 cm³/mol. The average Bonchev–Trinajstić information content (AvgIpc) is 3.03. The zero-order chi connectivity index (χ0) is 16.1. The molecule has 9 nitrogen and oxygen atoms in total. The Morgan fingerprint density at radius 1 is 1.50 bits per heavy atom. The van der Waals surface area contributed by atoms with Crippen LogP contribution in [0.3, 0.4) is 0 Å². The fourth-order valence-electron chi connectivity index (χ4n) is 2.84. The monoisotopic (exact) mass is 313 g/mol. The summed E-state index contributed by atoms with van der Waals surface area (Å²) < 4.78 is 20.5. The third-order valence-electron chi connectivity index (χ3n) is 3.93. The van der Waals surface area contributed by atoms with Crippen LogP contribution in [-0.2, 0) is 23.7 Å². The first kappa shape index (κ1) is 14.6. The van der Waals surface area contributed by atoms with Crippen LogP contribution in [0.2, 0.25) is 0 Å². The van der Waals surface area contributed by atoms with E-state index >= 15 is 0 Å². The smallest absolute Gasteiger partial charge is 0.475 e.